The molecular formula is C13H24N2O3. The third kappa shape index (κ3) is 2.68. The molecule has 0 radical (unpaired) electrons. The smallest absolute Gasteiger partial charge is 0.231 e. The normalized spacial score (nSPS) is 27.4. The Hall–Kier alpha value is -0.650. The lowest BCUT2D eigenvalue weighted by Crippen LogP contribution is -2.51. The van der Waals surface area contributed by atoms with E-state index in [1.54, 1.807) is 14.2 Å². The fraction of sp³-hybridized carbons (Fsp3) is 0.923. The lowest BCUT2D eigenvalue weighted by atomic mass is 9.78. The van der Waals surface area contributed by atoms with Crippen molar-refractivity contribution in [3.05, 3.63) is 0 Å². The third-order valence-corrected chi connectivity index (χ3v) is 4.20. The molecule has 5 nitrogen and oxygen atoms in total. The number of carbonyl (C=O) groups excluding carboxylic acids is 1. The summed E-state index contributed by atoms with van der Waals surface area (Å²) in [5.74, 6) is 0.255. The van der Waals surface area contributed by atoms with Crippen molar-refractivity contribution in [3.63, 3.8) is 0 Å². The fourth-order valence-electron chi connectivity index (χ4n) is 3.04. The molecule has 1 N–H and O–H groups in total. The van der Waals surface area contributed by atoms with Crippen LogP contribution >= 0.6 is 0 Å². The average molecular weight is 256 g/mol. The molecule has 1 amide bonds. The molecule has 0 saturated carbocycles. The number of rotatable bonds is 4. The second kappa shape index (κ2) is 5.99. The Morgan fingerprint density at radius 2 is 2.11 bits per heavy atom. The maximum atomic E-state index is 12.7. The topological polar surface area (TPSA) is 50.8 Å². The number of amides is 1. The van der Waals surface area contributed by atoms with Gasteiger partial charge >= 0.3 is 0 Å². The Kier molecular flexibility index (Phi) is 4.59. The molecule has 2 aliphatic heterocycles. The standard InChI is InChI=1S/C13H24N2O3/c1-17-10-13(4-6-14-7-5-13)12(16)15-8-3-11(9-15)18-2/h11,14H,3-10H2,1-2H3. The van der Waals surface area contributed by atoms with E-state index >= 15 is 0 Å². The minimum atomic E-state index is -0.317. The van der Waals surface area contributed by atoms with Gasteiger partial charge in [0.25, 0.3) is 0 Å². The van der Waals surface area contributed by atoms with Crippen molar-refractivity contribution in [2.75, 3.05) is 47.0 Å². The number of hydrogen-bond donors (Lipinski definition) is 1. The summed E-state index contributed by atoms with van der Waals surface area (Å²) < 4.78 is 10.6. The van der Waals surface area contributed by atoms with Crippen LogP contribution in [0.15, 0.2) is 0 Å². The van der Waals surface area contributed by atoms with Gasteiger partial charge in [0.2, 0.25) is 5.91 Å². The van der Waals surface area contributed by atoms with Gasteiger partial charge in [0.05, 0.1) is 18.1 Å². The summed E-state index contributed by atoms with van der Waals surface area (Å²) in [6.45, 7) is 3.87. The van der Waals surface area contributed by atoms with E-state index < -0.39 is 0 Å². The number of nitrogens with zero attached hydrogens (tertiary/aromatic N) is 1. The molecule has 5 heteroatoms. The monoisotopic (exact) mass is 256 g/mol. The molecule has 2 aliphatic rings. The van der Waals surface area contributed by atoms with Crippen LogP contribution in [0.2, 0.25) is 0 Å². The molecule has 2 heterocycles. The predicted octanol–water partition coefficient (Wildman–Crippen LogP) is 0.250. The SMILES string of the molecule is COCC1(C(=O)N2CCC(OC)C2)CCNCC1. The van der Waals surface area contributed by atoms with Gasteiger partial charge in [-0.15, -0.1) is 0 Å². The minimum Gasteiger partial charge on any atom is -0.384 e. The lowest BCUT2D eigenvalue weighted by Gasteiger charge is -2.38. The van der Waals surface area contributed by atoms with Gasteiger partial charge in [0, 0.05) is 27.3 Å². The van der Waals surface area contributed by atoms with E-state index in [2.05, 4.69) is 5.32 Å². The highest BCUT2D eigenvalue weighted by molar-refractivity contribution is 5.83. The highest BCUT2D eigenvalue weighted by atomic mass is 16.5. The highest BCUT2D eigenvalue weighted by Gasteiger charge is 2.43. The number of piperidine rings is 1. The van der Waals surface area contributed by atoms with Crippen molar-refractivity contribution < 1.29 is 14.3 Å². The van der Waals surface area contributed by atoms with Crippen LogP contribution in [0.5, 0.6) is 0 Å². The van der Waals surface area contributed by atoms with E-state index in [0.29, 0.717) is 6.61 Å². The molecule has 0 aromatic carbocycles. The van der Waals surface area contributed by atoms with Crippen LogP contribution in [-0.4, -0.2) is 63.9 Å². The van der Waals surface area contributed by atoms with Crippen molar-refractivity contribution in [2.45, 2.75) is 25.4 Å². The Bertz CT molecular complexity index is 284. The number of hydrogen-bond acceptors (Lipinski definition) is 4. The quantitative estimate of drug-likeness (QED) is 0.783. The zero-order chi connectivity index (χ0) is 13.0. The summed E-state index contributed by atoms with van der Waals surface area (Å²) in [6, 6.07) is 0. The Labute approximate surface area is 109 Å². The number of ether oxygens (including phenoxy) is 2. The Morgan fingerprint density at radius 1 is 1.39 bits per heavy atom. The molecule has 18 heavy (non-hydrogen) atoms. The highest BCUT2D eigenvalue weighted by Crippen LogP contribution is 2.33. The van der Waals surface area contributed by atoms with Gasteiger partial charge in [-0.3, -0.25) is 4.79 Å². The minimum absolute atomic E-state index is 0.204. The van der Waals surface area contributed by atoms with Crippen LogP contribution in [0.1, 0.15) is 19.3 Å². The average Bonchev–Trinajstić information content (AvgIpc) is 2.88. The molecule has 2 rings (SSSR count). The van der Waals surface area contributed by atoms with Gasteiger partial charge in [0.1, 0.15) is 0 Å². The summed E-state index contributed by atoms with van der Waals surface area (Å²) in [7, 11) is 3.40. The lowest BCUT2D eigenvalue weighted by molar-refractivity contribution is -0.146. The van der Waals surface area contributed by atoms with E-state index in [1.807, 2.05) is 4.90 Å². The van der Waals surface area contributed by atoms with Crippen LogP contribution in [0, 0.1) is 5.41 Å². The van der Waals surface area contributed by atoms with E-state index in [0.717, 1.165) is 45.4 Å². The van der Waals surface area contributed by atoms with E-state index in [4.69, 9.17) is 9.47 Å². The van der Waals surface area contributed by atoms with Crippen molar-refractivity contribution in [2.24, 2.45) is 5.41 Å². The first kappa shape index (κ1) is 13.8. The van der Waals surface area contributed by atoms with Crippen molar-refractivity contribution >= 4 is 5.91 Å². The second-order valence-corrected chi connectivity index (χ2v) is 5.36. The largest absolute Gasteiger partial charge is 0.384 e. The second-order valence-electron chi connectivity index (χ2n) is 5.36. The molecule has 0 bridgehead atoms. The van der Waals surface area contributed by atoms with Crippen LogP contribution < -0.4 is 5.32 Å². The number of likely N-dealkylation sites (tertiary alicyclic amines) is 1. The van der Waals surface area contributed by atoms with E-state index in [-0.39, 0.29) is 17.4 Å². The summed E-state index contributed by atoms with van der Waals surface area (Å²) in [5, 5.41) is 3.31. The molecule has 2 saturated heterocycles. The summed E-state index contributed by atoms with van der Waals surface area (Å²) >= 11 is 0. The van der Waals surface area contributed by atoms with Gasteiger partial charge < -0.3 is 19.7 Å². The Balaban J connectivity index is 2.04. The first-order chi connectivity index (χ1) is 8.72. The summed E-state index contributed by atoms with van der Waals surface area (Å²) in [6.07, 6.45) is 2.89. The summed E-state index contributed by atoms with van der Waals surface area (Å²) in [5.41, 5.74) is -0.317. The maximum absolute atomic E-state index is 12.7. The van der Waals surface area contributed by atoms with Crippen LogP contribution in [-0.2, 0) is 14.3 Å². The molecule has 2 fully saturated rings. The van der Waals surface area contributed by atoms with Crippen molar-refractivity contribution in [1.82, 2.24) is 10.2 Å². The number of methoxy groups -OCH3 is 2. The predicted molar refractivity (Wildman–Crippen MR) is 68.4 cm³/mol. The van der Waals surface area contributed by atoms with Gasteiger partial charge in [-0.25, -0.2) is 0 Å². The van der Waals surface area contributed by atoms with Gasteiger partial charge in [-0.1, -0.05) is 0 Å². The first-order valence-corrected chi connectivity index (χ1v) is 6.74. The van der Waals surface area contributed by atoms with Crippen LogP contribution in [0.25, 0.3) is 0 Å². The van der Waals surface area contributed by atoms with Crippen LogP contribution in [0.4, 0.5) is 0 Å². The molecule has 1 unspecified atom stereocenters. The van der Waals surface area contributed by atoms with Gasteiger partial charge in [0.15, 0.2) is 0 Å². The molecular weight excluding hydrogens is 232 g/mol. The molecule has 104 valence electrons. The van der Waals surface area contributed by atoms with Gasteiger partial charge in [-0.05, 0) is 32.4 Å². The van der Waals surface area contributed by atoms with Crippen LogP contribution in [0.3, 0.4) is 0 Å². The number of nitrogens with one attached hydrogen (secondary N) is 1. The van der Waals surface area contributed by atoms with E-state index in [9.17, 15) is 4.79 Å². The van der Waals surface area contributed by atoms with Crippen molar-refractivity contribution in [1.29, 1.82) is 0 Å². The molecule has 0 aromatic rings. The van der Waals surface area contributed by atoms with E-state index in [1.165, 1.54) is 0 Å². The maximum Gasteiger partial charge on any atom is 0.231 e. The zero-order valence-corrected chi connectivity index (χ0v) is 11.4. The fourth-order valence-corrected chi connectivity index (χ4v) is 3.04. The zero-order valence-electron chi connectivity index (χ0n) is 11.4. The summed E-state index contributed by atoms with van der Waals surface area (Å²) in [4.78, 5) is 14.7. The Morgan fingerprint density at radius 3 is 2.67 bits per heavy atom. The molecule has 1 atom stereocenters. The number of carbonyl (C=O) groups is 1. The third-order valence-electron chi connectivity index (χ3n) is 4.20. The molecule has 0 spiro atoms. The molecule has 0 aromatic heterocycles. The first-order valence-electron chi connectivity index (χ1n) is 6.74. The van der Waals surface area contributed by atoms with Gasteiger partial charge in [-0.2, -0.15) is 0 Å². The van der Waals surface area contributed by atoms with Crippen molar-refractivity contribution in [3.8, 4) is 0 Å². The molecule has 0 aliphatic carbocycles.